The smallest absolute Gasteiger partial charge is 1.00 e. The quantitative estimate of drug-likeness (QED) is 0.170. The van der Waals surface area contributed by atoms with E-state index in [2.05, 4.69) is 9.80 Å². The van der Waals surface area contributed by atoms with Crippen LogP contribution in [0.3, 0.4) is 0 Å². The first-order valence-electron chi connectivity index (χ1n) is 14.1. The van der Waals surface area contributed by atoms with Gasteiger partial charge in [0.15, 0.2) is 5.78 Å². The molecule has 12 heteroatoms. The summed E-state index contributed by atoms with van der Waals surface area (Å²) in [5, 5.41) is 0. The van der Waals surface area contributed by atoms with Gasteiger partial charge in [-0.3, -0.25) is 19.4 Å². The second-order valence-corrected chi connectivity index (χ2v) is 9.85. The first-order chi connectivity index (χ1) is 19.7. The molecule has 224 valence electrons. The van der Waals surface area contributed by atoms with Crippen LogP contribution < -0.4 is 63.0 Å². The van der Waals surface area contributed by atoms with Crippen LogP contribution in [0.15, 0.2) is 36.4 Å². The summed E-state index contributed by atoms with van der Waals surface area (Å²) in [6, 6.07) is 10.4. The third-order valence-corrected chi connectivity index (χ3v) is 7.28. The molecule has 0 atom stereocenters. The summed E-state index contributed by atoms with van der Waals surface area (Å²) in [5.74, 6) is 0.344. The number of rotatable bonds is 0. The Morgan fingerprint density at radius 3 is 1.21 bits per heavy atom. The zero-order valence-electron chi connectivity index (χ0n) is 24.3. The van der Waals surface area contributed by atoms with Crippen LogP contribution in [0.2, 0.25) is 0 Å². The zero-order chi connectivity index (χ0) is 27.6. The van der Waals surface area contributed by atoms with Crippen molar-refractivity contribution in [1.82, 2.24) is 9.80 Å². The van der Waals surface area contributed by atoms with Gasteiger partial charge < -0.3 is 52.4 Å². The van der Waals surface area contributed by atoms with Crippen LogP contribution in [0.1, 0.15) is 31.8 Å². The van der Waals surface area contributed by atoms with E-state index in [0.29, 0.717) is 139 Å². The molecule has 10 nitrogen and oxygen atoms in total. The molecule has 2 aromatic carbocycles. The summed E-state index contributed by atoms with van der Waals surface area (Å²) in [7, 11) is 0. The number of hydrogen-bond donors (Lipinski definition) is 0. The van der Waals surface area contributed by atoms with Gasteiger partial charge >= 0.3 is 29.6 Å². The fourth-order valence-electron chi connectivity index (χ4n) is 5.08. The van der Waals surface area contributed by atoms with E-state index in [1.165, 1.54) is 0 Å². The number of carbonyl (C=O) groups excluding carboxylic acids is 2. The average Bonchev–Trinajstić information content (AvgIpc) is 2.96. The first kappa shape index (κ1) is 35.4. The van der Waals surface area contributed by atoms with Crippen molar-refractivity contribution in [1.29, 1.82) is 0 Å². The van der Waals surface area contributed by atoms with E-state index in [1.807, 2.05) is 0 Å². The van der Waals surface area contributed by atoms with Gasteiger partial charge in [-0.2, -0.15) is 0 Å². The molecule has 1 saturated heterocycles. The number of ether oxygens (including phenoxy) is 6. The van der Waals surface area contributed by atoms with Gasteiger partial charge in [0.1, 0.15) is 24.7 Å². The van der Waals surface area contributed by atoms with Gasteiger partial charge in [0.05, 0.1) is 64.0 Å². The average molecular weight is 705 g/mol. The van der Waals surface area contributed by atoms with Crippen molar-refractivity contribution in [2.75, 3.05) is 105 Å². The zero-order valence-corrected chi connectivity index (χ0v) is 28.5. The number of carbonyl (C=O) groups is 2. The van der Waals surface area contributed by atoms with Crippen molar-refractivity contribution in [3.05, 3.63) is 58.7 Å². The molecule has 1 aliphatic carbocycles. The van der Waals surface area contributed by atoms with E-state index in [1.54, 1.807) is 36.4 Å². The van der Waals surface area contributed by atoms with Crippen LogP contribution in [0.25, 0.3) is 0 Å². The number of halogens is 1. The van der Waals surface area contributed by atoms with Crippen LogP contribution in [-0.2, 0) is 18.9 Å². The second-order valence-electron chi connectivity index (χ2n) is 9.85. The molecule has 4 aliphatic rings. The Bertz CT molecular complexity index is 1060. The molecular formula is C30H38IN2NaO8. The summed E-state index contributed by atoms with van der Waals surface area (Å²) in [6.07, 6.45) is 0. The van der Waals surface area contributed by atoms with Crippen molar-refractivity contribution < 1.29 is 91.5 Å². The Kier molecular flexibility index (Phi) is 15.7. The largest absolute Gasteiger partial charge is 1.00 e. The molecule has 4 bridgehead atoms. The standard InChI is InChI=1S/C30H38N2O8.HI.Na/c33-29-23-3-1-5-25-27(23)30(34)28-24(29)4-2-6-26(28)40-18-12-32-9-15-37-21-19-35-13-7-31(11-17-39-25)8-14-36-20-22-38-16-10-32;;/h1-6H,7-22H2;1H;/q;;+1/p-1. The molecule has 1 fully saturated rings. The summed E-state index contributed by atoms with van der Waals surface area (Å²) >= 11 is 0. The van der Waals surface area contributed by atoms with Crippen LogP contribution in [0.4, 0.5) is 0 Å². The normalized spacial score (nSPS) is 22.9. The molecule has 0 N–H and O–H groups in total. The Labute approximate surface area is 286 Å². The second kappa shape index (κ2) is 18.6. The summed E-state index contributed by atoms with van der Waals surface area (Å²) < 4.78 is 35.5. The summed E-state index contributed by atoms with van der Waals surface area (Å²) in [6.45, 7) is 9.04. The molecule has 2 aromatic rings. The third-order valence-electron chi connectivity index (χ3n) is 7.28. The van der Waals surface area contributed by atoms with Crippen LogP contribution in [0.5, 0.6) is 11.5 Å². The predicted molar refractivity (Wildman–Crippen MR) is 147 cm³/mol. The summed E-state index contributed by atoms with van der Waals surface area (Å²) in [5.41, 5.74) is 1.30. The molecule has 0 saturated carbocycles. The SMILES string of the molecule is O=C1c2cccc3c2C(=O)c2c(cccc21)OCCN1CCOCCOCCN(CCOCCOCC1)CCO3.[I-].[Na+]. The van der Waals surface area contributed by atoms with Gasteiger partial charge in [-0.25, -0.2) is 0 Å². The number of benzene rings is 2. The minimum atomic E-state index is -0.259. The maximum atomic E-state index is 13.9. The number of nitrogens with zero attached hydrogens (tertiary/aromatic N) is 2. The van der Waals surface area contributed by atoms with Gasteiger partial charge in [0.2, 0.25) is 5.78 Å². The van der Waals surface area contributed by atoms with Crippen molar-refractivity contribution in [3.8, 4) is 11.5 Å². The minimum Gasteiger partial charge on any atom is -1.00 e. The topological polar surface area (TPSA) is 96.0 Å². The third kappa shape index (κ3) is 9.43. The molecule has 0 aromatic heterocycles. The fraction of sp³-hybridized carbons (Fsp3) is 0.533. The number of ketones is 2. The molecular weight excluding hydrogens is 666 g/mol. The van der Waals surface area contributed by atoms with Gasteiger partial charge in [0.25, 0.3) is 0 Å². The van der Waals surface area contributed by atoms with E-state index in [9.17, 15) is 9.59 Å². The van der Waals surface area contributed by atoms with Gasteiger partial charge in [-0.05, 0) is 12.1 Å². The molecule has 6 rings (SSSR count). The van der Waals surface area contributed by atoms with E-state index in [4.69, 9.17) is 28.4 Å². The van der Waals surface area contributed by atoms with E-state index in [0.717, 1.165) is 0 Å². The number of hydrogen-bond acceptors (Lipinski definition) is 10. The van der Waals surface area contributed by atoms with Crippen molar-refractivity contribution >= 4 is 11.6 Å². The molecule has 0 spiro atoms. The van der Waals surface area contributed by atoms with E-state index >= 15 is 0 Å². The number of fused-ring (bicyclic) bond motifs is 18. The fourth-order valence-corrected chi connectivity index (χ4v) is 5.08. The maximum absolute atomic E-state index is 13.9. The first-order valence-corrected chi connectivity index (χ1v) is 14.1. The molecule has 0 unspecified atom stereocenters. The Morgan fingerprint density at radius 2 is 0.833 bits per heavy atom. The molecule has 3 heterocycles. The summed E-state index contributed by atoms with van der Waals surface area (Å²) in [4.78, 5) is 31.7. The minimum absolute atomic E-state index is 0. The molecule has 3 aliphatic heterocycles. The monoisotopic (exact) mass is 704 g/mol. The Hall–Kier alpha value is -1.13. The van der Waals surface area contributed by atoms with Crippen molar-refractivity contribution in [2.45, 2.75) is 0 Å². The van der Waals surface area contributed by atoms with Crippen molar-refractivity contribution in [3.63, 3.8) is 0 Å². The van der Waals surface area contributed by atoms with Gasteiger partial charge in [-0.1, -0.05) is 24.3 Å². The molecule has 0 amide bonds. The van der Waals surface area contributed by atoms with Crippen LogP contribution in [-0.4, -0.2) is 127 Å². The van der Waals surface area contributed by atoms with Crippen LogP contribution >= 0.6 is 0 Å². The molecule has 0 radical (unpaired) electrons. The van der Waals surface area contributed by atoms with E-state index < -0.39 is 0 Å². The molecule has 42 heavy (non-hydrogen) atoms. The van der Waals surface area contributed by atoms with Gasteiger partial charge in [-0.15, -0.1) is 0 Å². The predicted octanol–water partition coefficient (Wildman–Crippen LogP) is -4.07. The maximum Gasteiger partial charge on any atom is 1.00 e. The Balaban J connectivity index is 0.00000242. The van der Waals surface area contributed by atoms with Crippen molar-refractivity contribution in [2.24, 2.45) is 0 Å². The van der Waals surface area contributed by atoms with E-state index in [-0.39, 0.29) is 65.1 Å². The van der Waals surface area contributed by atoms with Crippen LogP contribution in [0, 0.1) is 0 Å². The Morgan fingerprint density at radius 1 is 0.476 bits per heavy atom. The van der Waals surface area contributed by atoms with Gasteiger partial charge in [0, 0.05) is 50.4 Å².